The van der Waals surface area contributed by atoms with Crippen LogP contribution in [0.5, 0.6) is 0 Å². The van der Waals surface area contributed by atoms with Crippen molar-refractivity contribution in [3.63, 3.8) is 0 Å². The van der Waals surface area contributed by atoms with Gasteiger partial charge in [-0.3, -0.25) is 4.68 Å². The van der Waals surface area contributed by atoms with Gasteiger partial charge in [-0.25, -0.2) is 0 Å². The van der Waals surface area contributed by atoms with Gasteiger partial charge in [-0.15, -0.1) is 11.6 Å². The lowest BCUT2D eigenvalue weighted by atomic mass is 9.84. The number of ether oxygens (including phenoxy) is 1. The molecule has 17 heavy (non-hydrogen) atoms. The molecule has 0 aromatic carbocycles. The number of methoxy groups -OCH3 is 1. The first-order chi connectivity index (χ1) is 7.88. The molecule has 1 heterocycles. The summed E-state index contributed by atoms with van der Waals surface area (Å²) in [4.78, 5) is 0. The van der Waals surface area contributed by atoms with Crippen LogP contribution in [0.3, 0.4) is 0 Å². The third-order valence-electron chi connectivity index (χ3n) is 2.73. The standard InChI is InChI=1S/C12H20BrClN2O/c1-9(14)7-12(2,3)11-10(13)8-15-16(11)5-6-17-4/h8-9H,5-7H2,1-4H3. The van der Waals surface area contributed by atoms with Gasteiger partial charge >= 0.3 is 0 Å². The summed E-state index contributed by atoms with van der Waals surface area (Å²) < 4.78 is 8.13. The molecule has 1 rings (SSSR count). The Balaban J connectivity index is 2.97. The van der Waals surface area contributed by atoms with Crippen LogP contribution >= 0.6 is 27.5 Å². The van der Waals surface area contributed by atoms with E-state index < -0.39 is 0 Å². The second kappa shape index (κ2) is 6.21. The summed E-state index contributed by atoms with van der Waals surface area (Å²) in [6.07, 6.45) is 2.75. The van der Waals surface area contributed by atoms with Crippen LogP contribution in [0, 0.1) is 0 Å². The van der Waals surface area contributed by atoms with Crippen molar-refractivity contribution in [1.29, 1.82) is 0 Å². The molecule has 0 aliphatic rings. The van der Waals surface area contributed by atoms with Crippen LogP contribution in [0.1, 0.15) is 32.9 Å². The molecule has 1 aromatic heterocycles. The number of aromatic nitrogens is 2. The molecule has 1 atom stereocenters. The first kappa shape index (κ1) is 15.0. The van der Waals surface area contributed by atoms with E-state index in [1.54, 1.807) is 7.11 Å². The molecule has 0 fully saturated rings. The second-order valence-corrected chi connectivity index (χ2v) is 6.53. The Bertz CT molecular complexity index is 363. The van der Waals surface area contributed by atoms with E-state index in [0.29, 0.717) is 6.61 Å². The molecular formula is C12H20BrClN2O. The van der Waals surface area contributed by atoms with Crippen molar-refractivity contribution in [2.45, 2.75) is 44.5 Å². The zero-order valence-corrected chi connectivity index (χ0v) is 13.2. The largest absolute Gasteiger partial charge is 0.383 e. The van der Waals surface area contributed by atoms with Crippen LogP contribution in [0.15, 0.2) is 10.7 Å². The van der Waals surface area contributed by atoms with Crippen LogP contribution in [-0.4, -0.2) is 28.9 Å². The van der Waals surface area contributed by atoms with Gasteiger partial charge in [0.05, 0.1) is 29.5 Å². The average Bonchev–Trinajstić information content (AvgIpc) is 2.55. The Morgan fingerprint density at radius 2 is 2.24 bits per heavy atom. The Labute approximate surface area is 117 Å². The molecule has 0 N–H and O–H groups in total. The maximum absolute atomic E-state index is 6.12. The van der Waals surface area contributed by atoms with Crippen LogP contribution in [0.4, 0.5) is 0 Å². The summed E-state index contributed by atoms with van der Waals surface area (Å²) in [7, 11) is 1.70. The number of alkyl halides is 1. The summed E-state index contributed by atoms with van der Waals surface area (Å²) in [6, 6.07) is 0. The molecule has 5 heteroatoms. The second-order valence-electron chi connectivity index (χ2n) is 4.93. The minimum Gasteiger partial charge on any atom is -0.383 e. The lowest BCUT2D eigenvalue weighted by Gasteiger charge is -2.27. The molecule has 0 saturated heterocycles. The molecule has 0 spiro atoms. The van der Waals surface area contributed by atoms with Gasteiger partial charge in [0.2, 0.25) is 0 Å². The van der Waals surface area contributed by atoms with Crippen molar-refractivity contribution in [3.05, 3.63) is 16.4 Å². The van der Waals surface area contributed by atoms with Crippen molar-refractivity contribution < 1.29 is 4.74 Å². The van der Waals surface area contributed by atoms with E-state index in [0.717, 1.165) is 17.4 Å². The van der Waals surface area contributed by atoms with E-state index in [-0.39, 0.29) is 10.8 Å². The Kier molecular flexibility index (Phi) is 5.48. The van der Waals surface area contributed by atoms with E-state index in [1.807, 2.05) is 17.8 Å². The SMILES string of the molecule is COCCn1ncc(Br)c1C(C)(C)CC(C)Cl. The van der Waals surface area contributed by atoms with Crippen molar-refractivity contribution in [2.24, 2.45) is 0 Å². The maximum atomic E-state index is 6.12. The van der Waals surface area contributed by atoms with E-state index in [9.17, 15) is 0 Å². The number of halogens is 2. The van der Waals surface area contributed by atoms with Gasteiger partial charge in [-0.05, 0) is 29.3 Å². The number of nitrogens with zero attached hydrogens (tertiary/aromatic N) is 2. The molecule has 0 aliphatic carbocycles. The number of hydrogen-bond donors (Lipinski definition) is 0. The molecule has 1 unspecified atom stereocenters. The zero-order valence-electron chi connectivity index (χ0n) is 10.8. The van der Waals surface area contributed by atoms with Gasteiger partial charge < -0.3 is 4.74 Å². The molecule has 98 valence electrons. The highest BCUT2D eigenvalue weighted by molar-refractivity contribution is 9.10. The predicted octanol–water partition coefficient (Wildman–Crippen LogP) is 3.59. The van der Waals surface area contributed by atoms with Gasteiger partial charge in [0.1, 0.15) is 0 Å². The monoisotopic (exact) mass is 322 g/mol. The molecule has 1 aromatic rings. The quantitative estimate of drug-likeness (QED) is 0.748. The van der Waals surface area contributed by atoms with Crippen molar-refractivity contribution in [1.82, 2.24) is 9.78 Å². The molecule has 0 aliphatic heterocycles. The van der Waals surface area contributed by atoms with Crippen LogP contribution < -0.4 is 0 Å². The molecule has 0 amide bonds. The van der Waals surface area contributed by atoms with E-state index >= 15 is 0 Å². The predicted molar refractivity (Wildman–Crippen MR) is 74.8 cm³/mol. The minimum absolute atomic E-state index is 0.00968. The summed E-state index contributed by atoms with van der Waals surface area (Å²) in [5.41, 5.74) is 1.17. The fourth-order valence-electron chi connectivity index (χ4n) is 2.18. The topological polar surface area (TPSA) is 27.1 Å². The summed E-state index contributed by atoms with van der Waals surface area (Å²) in [6.45, 7) is 7.83. The maximum Gasteiger partial charge on any atom is 0.0659 e. The molecule has 3 nitrogen and oxygen atoms in total. The highest BCUT2D eigenvalue weighted by Gasteiger charge is 2.29. The van der Waals surface area contributed by atoms with Crippen LogP contribution in [0.25, 0.3) is 0 Å². The normalized spacial score (nSPS) is 14.0. The van der Waals surface area contributed by atoms with Gasteiger partial charge in [0.25, 0.3) is 0 Å². The molecule has 0 saturated carbocycles. The third kappa shape index (κ3) is 3.97. The number of rotatable bonds is 6. The van der Waals surface area contributed by atoms with E-state index in [1.165, 1.54) is 5.69 Å². The smallest absolute Gasteiger partial charge is 0.0659 e. The van der Waals surface area contributed by atoms with Crippen molar-refractivity contribution in [3.8, 4) is 0 Å². The lowest BCUT2D eigenvalue weighted by Crippen LogP contribution is -2.26. The fraction of sp³-hybridized carbons (Fsp3) is 0.750. The van der Waals surface area contributed by atoms with Gasteiger partial charge in [-0.2, -0.15) is 5.10 Å². The first-order valence-corrected chi connectivity index (χ1v) is 6.96. The van der Waals surface area contributed by atoms with Crippen molar-refractivity contribution in [2.75, 3.05) is 13.7 Å². The third-order valence-corrected chi connectivity index (χ3v) is 3.47. The lowest BCUT2D eigenvalue weighted by molar-refractivity contribution is 0.180. The Morgan fingerprint density at radius 3 is 2.76 bits per heavy atom. The minimum atomic E-state index is -0.00968. The zero-order chi connectivity index (χ0) is 13.1. The van der Waals surface area contributed by atoms with Crippen LogP contribution in [0.2, 0.25) is 0 Å². The van der Waals surface area contributed by atoms with E-state index in [4.69, 9.17) is 16.3 Å². The molecule has 0 radical (unpaired) electrons. The van der Waals surface area contributed by atoms with E-state index in [2.05, 4.69) is 34.9 Å². The van der Waals surface area contributed by atoms with Crippen LogP contribution in [-0.2, 0) is 16.7 Å². The molecular weight excluding hydrogens is 304 g/mol. The summed E-state index contributed by atoms with van der Waals surface area (Å²) >= 11 is 9.69. The number of hydrogen-bond acceptors (Lipinski definition) is 2. The first-order valence-electron chi connectivity index (χ1n) is 5.73. The Hall–Kier alpha value is -0.0600. The average molecular weight is 324 g/mol. The molecule has 0 bridgehead atoms. The van der Waals surface area contributed by atoms with Gasteiger partial charge in [0, 0.05) is 17.9 Å². The fourth-order valence-corrected chi connectivity index (χ4v) is 3.40. The highest BCUT2D eigenvalue weighted by Crippen LogP contribution is 2.34. The Morgan fingerprint density at radius 1 is 1.59 bits per heavy atom. The summed E-state index contributed by atoms with van der Waals surface area (Å²) in [5, 5.41) is 4.51. The summed E-state index contributed by atoms with van der Waals surface area (Å²) in [5.74, 6) is 0. The van der Waals surface area contributed by atoms with Crippen molar-refractivity contribution >= 4 is 27.5 Å². The van der Waals surface area contributed by atoms with Gasteiger partial charge in [-0.1, -0.05) is 13.8 Å². The van der Waals surface area contributed by atoms with Gasteiger partial charge in [0.15, 0.2) is 0 Å². The highest BCUT2D eigenvalue weighted by atomic mass is 79.9.